The van der Waals surface area contributed by atoms with Crippen molar-refractivity contribution in [2.45, 2.75) is 5.92 Å². The van der Waals surface area contributed by atoms with Crippen LogP contribution in [0.25, 0.3) is 10.8 Å². The summed E-state index contributed by atoms with van der Waals surface area (Å²) < 4.78 is 31.2. The number of sulfonamides is 1. The van der Waals surface area contributed by atoms with E-state index in [1.165, 1.54) is 17.7 Å². The van der Waals surface area contributed by atoms with Crippen LogP contribution in [0.2, 0.25) is 0 Å². The van der Waals surface area contributed by atoms with Gasteiger partial charge in [-0.3, -0.25) is 14.1 Å². The number of hydrogen-bond donors (Lipinski definition) is 1. The van der Waals surface area contributed by atoms with Gasteiger partial charge in [0.2, 0.25) is 15.9 Å². The summed E-state index contributed by atoms with van der Waals surface area (Å²) in [5.74, 6) is -1.57. The molecule has 1 unspecified atom stereocenters. The third-order valence-electron chi connectivity index (χ3n) is 6.96. The van der Waals surface area contributed by atoms with Gasteiger partial charge in [-0.05, 0) is 67.7 Å². The molecule has 3 aromatic carbocycles. The summed E-state index contributed by atoms with van der Waals surface area (Å²) in [6.45, 7) is 0.851. The molecule has 0 aliphatic carbocycles. The van der Waals surface area contributed by atoms with Crippen molar-refractivity contribution in [1.82, 2.24) is 15.1 Å². The predicted molar refractivity (Wildman–Crippen MR) is 162 cm³/mol. The molecule has 1 aliphatic rings. The van der Waals surface area contributed by atoms with Crippen LogP contribution in [-0.2, 0) is 19.6 Å². The highest BCUT2D eigenvalue weighted by Crippen LogP contribution is 2.37. The Bertz CT molecular complexity index is 1800. The van der Waals surface area contributed by atoms with E-state index in [4.69, 9.17) is 9.73 Å². The number of aliphatic imine (C=N–C) groups is 1. The third-order valence-corrected chi connectivity index (χ3v) is 8.15. The number of amides is 1. The van der Waals surface area contributed by atoms with E-state index in [1.54, 1.807) is 54.9 Å². The van der Waals surface area contributed by atoms with E-state index >= 15 is 0 Å². The second kappa shape index (κ2) is 11.7. The maximum Gasteiger partial charge on any atom is 0.337 e. The second-order valence-electron chi connectivity index (χ2n) is 10.2. The first kappa shape index (κ1) is 28.8. The van der Waals surface area contributed by atoms with Crippen LogP contribution in [-0.4, -0.2) is 81.7 Å². The average Bonchev–Trinajstić information content (AvgIpc) is 3.29. The Kier molecular flexibility index (Phi) is 8.01. The zero-order chi connectivity index (χ0) is 30.0. The lowest BCUT2D eigenvalue weighted by molar-refractivity contribution is -0.115. The van der Waals surface area contributed by atoms with Crippen molar-refractivity contribution in [2.24, 2.45) is 4.99 Å². The molecule has 216 valence electrons. The summed E-state index contributed by atoms with van der Waals surface area (Å²) in [6.07, 6.45) is 4.48. The van der Waals surface area contributed by atoms with Crippen LogP contribution in [0.5, 0.6) is 0 Å². The van der Waals surface area contributed by atoms with Crippen molar-refractivity contribution < 1.29 is 22.7 Å². The predicted octanol–water partition coefficient (Wildman–Crippen LogP) is 3.60. The molecular weight excluding hydrogens is 556 g/mol. The fourth-order valence-corrected chi connectivity index (χ4v) is 5.76. The summed E-state index contributed by atoms with van der Waals surface area (Å²) in [6, 6.07) is 17.5. The molecule has 1 N–H and O–H groups in total. The van der Waals surface area contributed by atoms with E-state index in [9.17, 15) is 18.0 Å². The first-order valence-electron chi connectivity index (χ1n) is 13.1. The largest absolute Gasteiger partial charge is 0.465 e. The molecular formula is C30H30N6O5S. The van der Waals surface area contributed by atoms with Crippen molar-refractivity contribution in [3.8, 4) is 0 Å². The number of hydrogen-bond acceptors (Lipinski definition) is 9. The summed E-state index contributed by atoms with van der Waals surface area (Å²) in [5.41, 5.74) is 3.73. The van der Waals surface area contributed by atoms with Crippen LogP contribution in [0.1, 0.15) is 27.4 Å². The molecule has 1 aliphatic heterocycles. The summed E-state index contributed by atoms with van der Waals surface area (Å²) in [5, 5.41) is 12.5. The number of esters is 1. The normalized spacial score (nSPS) is 15.0. The Morgan fingerprint density at radius 3 is 2.31 bits per heavy atom. The first-order chi connectivity index (χ1) is 20.0. The van der Waals surface area contributed by atoms with Gasteiger partial charge in [0, 0.05) is 29.5 Å². The number of anilines is 2. The van der Waals surface area contributed by atoms with E-state index in [0.29, 0.717) is 52.6 Å². The molecule has 42 heavy (non-hydrogen) atoms. The Labute approximate surface area is 243 Å². The summed E-state index contributed by atoms with van der Waals surface area (Å²) >= 11 is 0. The van der Waals surface area contributed by atoms with Gasteiger partial charge in [-0.2, -0.15) is 10.2 Å². The highest BCUT2D eigenvalue weighted by Gasteiger charge is 2.36. The lowest BCUT2D eigenvalue weighted by Gasteiger charge is -2.24. The number of nitrogens with zero attached hydrogens (tertiary/aromatic N) is 5. The quantitative estimate of drug-likeness (QED) is 0.232. The summed E-state index contributed by atoms with van der Waals surface area (Å²) in [4.78, 5) is 32.4. The zero-order valence-corrected chi connectivity index (χ0v) is 24.4. The molecule has 0 bridgehead atoms. The fraction of sp³-hybridized carbons (Fsp3) is 0.233. The molecule has 0 spiro atoms. The van der Waals surface area contributed by atoms with Crippen LogP contribution in [0.15, 0.2) is 78.0 Å². The van der Waals surface area contributed by atoms with Gasteiger partial charge in [0.05, 0.1) is 48.4 Å². The minimum absolute atomic E-state index is 0.290. The van der Waals surface area contributed by atoms with Gasteiger partial charge in [-0.1, -0.05) is 18.2 Å². The van der Waals surface area contributed by atoms with E-state index in [-0.39, 0.29) is 5.91 Å². The molecule has 1 amide bonds. The topological polar surface area (TPSA) is 134 Å². The van der Waals surface area contributed by atoms with Gasteiger partial charge >= 0.3 is 5.97 Å². The Balaban J connectivity index is 1.59. The summed E-state index contributed by atoms with van der Waals surface area (Å²) in [7, 11) is 1.56. The Morgan fingerprint density at radius 1 is 0.952 bits per heavy atom. The highest BCUT2D eigenvalue weighted by atomic mass is 32.2. The molecule has 0 fully saturated rings. The van der Waals surface area contributed by atoms with Gasteiger partial charge in [0.1, 0.15) is 5.92 Å². The van der Waals surface area contributed by atoms with E-state index in [1.807, 2.05) is 37.2 Å². The number of nitrogens with one attached hydrogen (secondary N) is 1. The lowest BCUT2D eigenvalue weighted by Crippen LogP contribution is -2.35. The second-order valence-corrected chi connectivity index (χ2v) is 12.1. The third kappa shape index (κ3) is 5.99. The number of carbonyl (C=O) groups excluding carboxylic acids is 2. The van der Waals surface area contributed by atoms with Gasteiger partial charge in [-0.15, -0.1) is 0 Å². The molecule has 1 atom stereocenters. The number of benzene rings is 3. The maximum absolute atomic E-state index is 13.4. The highest BCUT2D eigenvalue weighted by molar-refractivity contribution is 7.92. The minimum atomic E-state index is -3.50. The number of likely N-dealkylation sites (N-methyl/N-ethyl adjacent to an activating group) is 1. The number of methoxy groups -OCH3 is 1. The molecule has 11 nitrogen and oxygen atoms in total. The molecule has 0 radical (unpaired) electrons. The minimum Gasteiger partial charge on any atom is -0.465 e. The zero-order valence-electron chi connectivity index (χ0n) is 23.6. The number of carbonyl (C=O) groups is 2. The smallest absolute Gasteiger partial charge is 0.337 e. The van der Waals surface area contributed by atoms with Crippen molar-refractivity contribution in [2.75, 3.05) is 50.2 Å². The SMILES string of the molecule is COC(=O)c1ccc2c(c1)NC(=O)C2C(=Nc1ccc(N(CCN(C)C)S(C)(=O)=O)cc1)c1ccc2cnncc2c1. The number of fused-ring (bicyclic) bond motifs is 2. The Hall–Kier alpha value is -4.68. The number of ether oxygens (including phenoxy) is 1. The van der Waals surface area contributed by atoms with Crippen LogP contribution in [0.4, 0.5) is 17.1 Å². The molecule has 0 saturated carbocycles. The number of aromatic nitrogens is 2. The van der Waals surface area contributed by atoms with Gasteiger partial charge < -0.3 is 15.0 Å². The monoisotopic (exact) mass is 586 g/mol. The number of rotatable bonds is 9. The van der Waals surface area contributed by atoms with Gasteiger partial charge in [-0.25, -0.2) is 13.2 Å². The van der Waals surface area contributed by atoms with Gasteiger partial charge in [0.15, 0.2) is 0 Å². The van der Waals surface area contributed by atoms with Crippen molar-refractivity contribution >= 4 is 55.4 Å². The van der Waals surface area contributed by atoms with Crippen LogP contribution < -0.4 is 9.62 Å². The van der Waals surface area contributed by atoms with Crippen LogP contribution in [0.3, 0.4) is 0 Å². The lowest BCUT2D eigenvalue weighted by atomic mass is 9.89. The molecule has 2 heterocycles. The maximum atomic E-state index is 13.4. The molecule has 1 aromatic heterocycles. The van der Waals surface area contributed by atoms with E-state index in [2.05, 4.69) is 15.5 Å². The van der Waals surface area contributed by atoms with E-state index in [0.717, 1.165) is 10.8 Å². The van der Waals surface area contributed by atoms with Crippen molar-refractivity contribution in [3.63, 3.8) is 0 Å². The van der Waals surface area contributed by atoms with Gasteiger partial charge in [0.25, 0.3) is 0 Å². The van der Waals surface area contributed by atoms with Crippen LogP contribution >= 0.6 is 0 Å². The average molecular weight is 587 g/mol. The molecule has 12 heteroatoms. The van der Waals surface area contributed by atoms with Crippen molar-refractivity contribution in [3.05, 3.63) is 89.7 Å². The van der Waals surface area contributed by atoms with Crippen molar-refractivity contribution in [1.29, 1.82) is 0 Å². The van der Waals surface area contributed by atoms with Crippen LogP contribution in [0, 0.1) is 0 Å². The fourth-order valence-electron chi connectivity index (χ4n) is 4.84. The first-order valence-corrected chi connectivity index (χ1v) is 14.9. The van der Waals surface area contributed by atoms with E-state index < -0.39 is 21.9 Å². The molecule has 5 rings (SSSR count). The standard InChI is InChI=1S/C30H30N6O5S/c1-35(2)13-14-36(42(4,39)40)24-10-8-23(9-11-24)33-28(19-5-6-21-17-31-32-18-22(21)15-19)27-25-12-7-20(30(38)41-3)16-26(25)34-29(27)37/h5-12,15-18,27H,13-14H2,1-4H3,(H,34,37). The molecule has 4 aromatic rings. The molecule has 0 saturated heterocycles. The Morgan fingerprint density at radius 2 is 1.64 bits per heavy atom.